The Balaban J connectivity index is 1.75. The molecule has 0 aliphatic carbocycles. The summed E-state index contributed by atoms with van der Waals surface area (Å²) in [5.41, 5.74) is 5.31. The van der Waals surface area contributed by atoms with E-state index in [0.29, 0.717) is 0 Å². The van der Waals surface area contributed by atoms with E-state index >= 15 is 0 Å². The van der Waals surface area contributed by atoms with Gasteiger partial charge in [0.15, 0.2) is 6.20 Å². The fourth-order valence-electron chi connectivity index (χ4n) is 4.70. The van der Waals surface area contributed by atoms with Crippen LogP contribution in [0, 0.1) is 0 Å². The zero-order valence-corrected chi connectivity index (χ0v) is 14.5. The van der Waals surface area contributed by atoms with E-state index in [1.807, 2.05) is 24.3 Å². The van der Waals surface area contributed by atoms with Crippen LogP contribution < -0.4 is 4.57 Å². The summed E-state index contributed by atoms with van der Waals surface area (Å²) in [7, 11) is 3.40. The fraction of sp³-hybridized carbons (Fsp3) is 0.190. The molecule has 5 nitrogen and oxygen atoms in total. The molecule has 2 aromatic heterocycles. The minimum Gasteiger partial charge on any atom is -0.455 e. The summed E-state index contributed by atoms with van der Waals surface area (Å²) in [6, 6.07) is 18.9. The van der Waals surface area contributed by atoms with E-state index in [0.717, 1.165) is 33.2 Å². The van der Waals surface area contributed by atoms with E-state index in [9.17, 15) is 0 Å². The SMILES string of the molecule is CO[N+]1(OC)C2c3ccc4c(oc5ccccc54)c3-c3cccc[n+]3C21. The third-order valence-electron chi connectivity index (χ3n) is 5.85. The van der Waals surface area contributed by atoms with Crippen LogP contribution in [0.4, 0.5) is 0 Å². The van der Waals surface area contributed by atoms with Gasteiger partial charge in [0, 0.05) is 33.3 Å². The molecule has 0 saturated carbocycles. The number of hydrogen-bond donors (Lipinski definition) is 0. The zero-order valence-electron chi connectivity index (χ0n) is 14.5. The Morgan fingerprint density at radius 1 is 0.923 bits per heavy atom. The first-order chi connectivity index (χ1) is 12.8. The molecule has 2 aliphatic heterocycles. The lowest BCUT2D eigenvalue weighted by Gasteiger charge is -2.08. The van der Waals surface area contributed by atoms with Gasteiger partial charge in [0.05, 0.1) is 19.8 Å². The lowest BCUT2D eigenvalue weighted by molar-refractivity contribution is -1.21. The van der Waals surface area contributed by atoms with E-state index in [4.69, 9.17) is 14.1 Å². The van der Waals surface area contributed by atoms with E-state index in [1.165, 1.54) is 5.56 Å². The Kier molecular flexibility index (Phi) is 2.61. The minimum atomic E-state index is 0.0792. The molecule has 2 aromatic carbocycles. The standard InChI is InChI=1S/C21H18N2O3/c1-24-23(25-2)19-15-11-10-14-13-7-3-4-9-17(13)26-20(14)18(15)16-8-5-6-12-22(16)21(19)23/h3-12,19,21H,1-2H3/q+2. The van der Waals surface area contributed by atoms with Crippen molar-refractivity contribution in [1.29, 1.82) is 0 Å². The molecule has 6 rings (SSSR count). The molecule has 26 heavy (non-hydrogen) atoms. The molecule has 2 atom stereocenters. The van der Waals surface area contributed by atoms with Crippen molar-refractivity contribution in [3.8, 4) is 11.3 Å². The Bertz CT molecular complexity index is 1190. The third-order valence-corrected chi connectivity index (χ3v) is 5.85. The maximum atomic E-state index is 6.31. The maximum absolute atomic E-state index is 6.31. The van der Waals surface area contributed by atoms with Gasteiger partial charge in [0.25, 0.3) is 0 Å². The molecule has 5 heteroatoms. The maximum Gasteiger partial charge on any atom is 0.409 e. The smallest absolute Gasteiger partial charge is 0.409 e. The van der Waals surface area contributed by atoms with Crippen molar-refractivity contribution in [2.45, 2.75) is 12.2 Å². The molecule has 1 saturated heterocycles. The Labute approximate surface area is 150 Å². The van der Waals surface area contributed by atoms with Crippen molar-refractivity contribution in [3.63, 3.8) is 0 Å². The quantitative estimate of drug-likeness (QED) is 0.312. The molecule has 4 aromatic rings. The summed E-state index contributed by atoms with van der Waals surface area (Å²) in [5, 5.41) is 2.28. The van der Waals surface area contributed by atoms with Gasteiger partial charge < -0.3 is 4.42 Å². The molecule has 128 valence electrons. The lowest BCUT2D eigenvalue weighted by Crippen LogP contribution is -2.42. The van der Waals surface area contributed by atoms with Gasteiger partial charge in [-0.25, -0.2) is 0 Å². The highest BCUT2D eigenvalue weighted by Gasteiger charge is 2.83. The number of hydrogen-bond acceptors (Lipinski definition) is 3. The van der Waals surface area contributed by atoms with Gasteiger partial charge >= 0.3 is 12.2 Å². The predicted molar refractivity (Wildman–Crippen MR) is 95.4 cm³/mol. The number of hydroxylamine groups is 4. The minimum absolute atomic E-state index is 0.0792. The van der Waals surface area contributed by atoms with Crippen molar-refractivity contribution >= 4 is 21.9 Å². The number of furan rings is 1. The normalized spacial score (nSPS) is 22.1. The second-order valence-electron chi connectivity index (χ2n) is 6.87. The van der Waals surface area contributed by atoms with Crippen molar-refractivity contribution in [3.05, 3.63) is 66.4 Å². The molecule has 4 heterocycles. The van der Waals surface area contributed by atoms with Crippen LogP contribution in [0.2, 0.25) is 0 Å². The second kappa shape index (κ2) is 4.71. The van der Waals surface area contributed by atoms with Crippen molar-refractivity contribution < 1.29 is 23.5 Å². The molecule has 0 amide bonds. The summed E-state index contributed by atoms with van der Waals surface area (Å²) in [5.74, 6) is 0. The van der Waals surface area contributed by atoms with Crippen LogP contribution in [-0.4, -0.2) is 19.0 Å². The van der Waals surface area contributed by atoms with Crippen molar-refractivity contribution in [2.24, 2.45) is 0 Å². The van der Waals surface area contributed by atoms with Crippen LogP contribution in [0.15, 0.2) is 65.2 Å². The molecule has 0 radical (unpaired) electrons. The topological polar surface area (TPSA) is 35.5 Å². The molecule has 1 fully saturated rings. The number of fused-ring (bicyclic) bond motifs is 10. The van der Waals surface area contributed by atoms with Crippen LogP contribution in [0.1, 0.15) is 17.8 Å². The van der Waals surface area contributed by atoms with Crippen molar-refractivity contribution in [2.75, 3.05) is 14.2 Å². The van der Waals surface area contributed by atoms with Crippen LogP contribution in [0.5, 0.6) is 0 Å². The fourth-order valence-corrected chi connectivity index (χ4v) is 4.70. The van der Waals surface area contributed by atoms with E-state index < -0.39 is 0 Å². The van der Waals surface area contributed by atoms with Crippen molar-refractivity contribution in [1.82, 2.24) is 0 Å². The molecule has 0 spiro atoms. The van der Waals surface area contributed by atoms with E-state index in [-0.39, 0.29) is 17.0 Å². The van der Waals surface area contributed by atoms with Crippen LogP contribution in [-0.2, 0) is 9.68 Å². The zero-order chi connectivity index (χ0) is 17.5. The largest absolute Gasteiger partial charge is 0.455 e. The summed E-state index contributed by atoms with van der Waals surface area (Å²) < 4.78 is 8.55. The molecular weight excluding hydrogens is 328 g/mol. The highest BCUT2D eigenvalue weighted by atomic mass is 17.0. The molecular formula is C21H18N2O3+2. The Morgan fingerprint density at radius 2 is 1.73 bits per heavy atom. The monoisotopic (exact) mass is 346 g/mol. The average Bonchev–Trinajstić information content (AvgIpc) is 3.24. The summed E-state index contributed by atoms with van der Waals surface area (Å²) >= 11 is 0. The first kappa shape index (κ1) is 14.4. The first-order valence-electron chi connectivity index (χ1n) is 8.75. The van der Waals surface area contributed by atoms with Gasteiger partial charge in [-0.3, -0.25) is 0 Å². The van der Waals surface area contributed by atoms with Crippen LogP contribution >= 0.6 is 0 Å². The molecule has 2 aliphatic rings. The predicted octanol–water partition coefficient (Wildman–Crippen LogP) is 4.05. The van der Waals surface area contributed by atoms with Gasteiger partial charge in [-0.15, -0.1) is 4.57 Å². The number of nitrogens with zero attached hydrogens (tertiary/aromatic N) is 2. The van der Waals surface area contributed by atoms with Crippen LogP contribution in [0.3, 0.4) is 0 Å². The number of quaternary nitrogens is 1. The van der Waals surface area contributed by atoms with Gasteiger partial charge in [0.1, 0.15) is 11.2 Å². The third kappa shape index (κ3) is 1.50. The number of pyridine rings is 1. The van der Waals surface area contributed by atoms with E-state index in [2.05, 4.69) is 41.1 Å². The lowest BCUT2D eigenvalue weighted by atomic mass is 9.94. The number of rotatable bonds is 2. The highest BCUT2D eigenvalue weighted by Crippen LogP contribution is 2.62. The second-order valence-corrected chi connectivity index (χ2v) is 6.87. The van der Waals surface area contributed by atoms with Gasteiger partial charge in [-0.2, -0.15) is 9.68 Å². The molecule has 0 N–H and O–H groups in total. The summed E-state index contributed by atoms with van der Waals surface area (Å²) in [6.45, 7) is 0. The van der Waals surface area contributed by atoms with E-state index in [1.54, 1.807) is 14.2 Å². The highest BCUT2D eigenvalue weighted by molar-refractivity contribution is 6.09. The number of para-hydroxylation sites is 1. The first-order valence-corrected chi connectivity index (χ1v) is 8.75. The average molecular weight is 346 g/mol. The van der Waals surface area contributed by atoms with Gasteiger partial charge in [-0.1, -0.05) is 24.3 Å². The summed E-state index contributed by atoms with van der Waals surface area (Å²) in [4.78, 5) is 11.7. The summed E-state index contributed by atoms with van der Waals surface area (Å²) in [6.07, 6.45) is 2.17. The Hall–Kier alpha value is -2.73. The Morgan fingerprint density at radius 3 is 2.58 bits per heavy atom. The molecule has 0 bridgehead atoms. The molecule has 2 unspecified atom stereocenters. The van der Waals surface area contributed by atoms with Crippen LogP contribution in [0.25, 0.3) is 33.2 Å². The van der Waals surface area contributed by atoms with Gasteiger partial charge in [0.2, 0.25) is 5.69 Å². The number of aromatic nitrogens is 1. The van der Waals surface area contributed by atoms with Gasteiger partial charge in [-0.05, 0) is 18.2 Å². The number of benzene rings is 2.